The van der Waals surface area contributed by atoms with Crippen molar-refractivity contribution in [3.05, 3.63) is 11.6 Å². The predicted octanol–water partition coefficient (Wildman–Crippen LogP) is 5.93. The minimum absolute atomic E-state index is 0.0345. The van der Waals surface area contributed by atoms with Gasteiger partial charge in [0.1, 0.15) is 11.4 Å². The van der Waals surface area contributed by atoms with Gasteiger partial charge in [-0.15, -0.1) is 0 Å². The largest absolute Gasteiger partial charge is 0.478 e. The average molecular weight is 487 g/mol. The smallest absolute Gasteiger partial charge is 0.330 e. The number of epoxide rings is 1. The Morgan fingerprint density at radius 1 is 1.14 bits per heavy atom. The molecule has 2 spiro atoms. The molecule has 5 nitrogen and oxygen atoms in total. The molecule has 4 aliphatic carbocycles. The van der Waals surface area contributed by atoms with E-state index in [9.17, 15) is 19.8 Å². The van der Waals surface area contributed by atoms with Gasteiger partial charge in [0, 0.05) is 17.4 Å². The molecule has 4 saturated carbocycles. The monoisotopic (exact) mass is 486 g/mol. The molecule has 0 radical (unpaired) electrons. The molecule has 0 amide bonds. The van der Waals surface area contributed by atoms with Crippen molar-refractivity contribution in [1.82, 2.24) is 0 Å². The number of hydrogen-bond acceptors (Lipinski definition) is 4. The summed E-state index contributed by atoms with van der Waals surface area (Å²) in [7, 11) is 0. The molecular weight excluding hydrogens is 440 g/mol. The third-order valence-corrected chi connectivity index (χ3v) is 13.1. The first-order valence-electron chi connectivity index (χ1n) is 13.9. The Kier molecular flexibility index (Phi) is 5.40. The van der Waals surface area contributed by atoms with Gasteiger partial charge in [-0.05, 0) is 86.4 Å². The molecule has 5 aliphatic rings. The lowest BCUT2D eigenvalue weighted by molar-refractivity contribution is -0.196. The number of carbonyl (C=O) groups excluding carboxylic acids is 1. The molecule has 0 bridgehead atoms. The predicted molar refractivity (Wildman–Crippen MR) is 135 cm³/mol. The number of carboxylic acids is 1. The van der Waals surface area contributed by atoms with Crippen LogP contribution in [0.5, 0.6) is 0 Å². The van der Waals surface area contributed by atoms with Crippen LogP contribution in [0.2, 0.25) is 0 Å². The van der Waals surface area contributed by atoms with Crippen molar-refractivity contribution < 1.29 is 24.5 Å². The number of carbonyl (C=O) groups is 2. The van der Waals surface area contributed by atoms with Crippen LogP contribution in [0.4, 0.5) is 0 Å². The fourth-order valence-electron chi connectivity index (χ4n) is 10.6. The molecule has 0 unspecified atom stereocenters. The van der Waals surface area contributed by atoms with Gasteiger partial charge in [-0.2, -0.15) is 0 Å². The van der Waals surface area contributed by atoms with E-state index in [1.165, 1.54) is 0 Å². The number of rotatable bonds is 5. The molecule has 5 fully saturated rings. The zero-order valence-electron chi connectivity index (χ0n) is 22.9. The summed E-state index contributed by atoms with van der Waals surface area (Å²) in [5.41, 5.74) is -0.857. The zero-order chi connectivity index (χ0) is 25.8. The maximum atomic E-state index is 14.2. The highest BCUT2D eigenvalue weighted by Crippen LogP contribution is 2.86. The first-order chi connectivity index (χ1) is 16.2. The first-order valence-corrected chi connectivity index (χ1v) is 13.9. The van der Waals surface area contributed by atoms with Crippen molar-refractivity contribution in [1.29, 1.82) is 0 Å². The Labute approximate surface area is 211 Å². The van der Waals surface area contributed by atoms with Gasteiger partial charge in [0.2, 0.25) is 0 Å². The third-order valence-electron chi connectivity index (χ3n) is 13.1. The number of fused-ring (bicyclic) bond motifs is 2. The van der Waals surface area contributed by atoms with Crippen LogP contribution in [0, 0.1) is 38.9 Å². The van der Waals surface area contributed by atoms with Crippen LogP contribution in [0.15, 0.2) is 11.6 Å². The van der Waals surface area contributed by atoms with Gasteiger partial charge >= 0.3 is 5.97 Å². The van der Waals surface area contributed by atoms with Crippen LogP contribution in [0.25, 0.3) is 0 Å². The standard InChI is InChI=1S/C30H46O5/c1-18(24(33)34)9-8-10-19(2)27(6)17-23-30(35-23)28(27,7)15-13-22(32)29(30)16-11-20-25(3,4)21(31)12-14-26(20,29)5/h9,19-21,23,31H,8,10-17H2,1-7H3,(H,33,34)/b18-9+/t19-,20+,21+,23-,26+,27-,28-,29-,30+/m1/s1. The number of Topliss-reactive ketones (excluding diaryl/α,β-unsaturated/α-hetero) is 1. The zero-order valence-corrected chi connectivity index (χ0v) is 22.9. The van der Waals surface area contributed by atoms with Gasteiger partial charge < -0.3 is 14.9 Å². The highest BCUT2D eigenvalue weighted by Gasteiger charge is 2.91. The van der Waals surface area contributed by atoms with Crippen LogP contribution < -0.4 is 0 Å². The average Bonchev–Trinajstić information content (AvgIpc) is 3.33. The van der Waals surface area contributed by atoms with E-state index in [4.69, 9.17) is 4.74 Å². The maximum Gasteiger partial charge on any atom is 0.330 e. The first kappa shape index (κ1) is 25.4. The highest BCUT2D eigenvalue weighted by atomic mass is 16.6. The maximum absolute atomic E-state index is 14.2. The number of aliphatic hydroxyl groups excluding tert-OH is 1. The molecule has 5 rings (SSSR count). The van der Waals surface area contributed by atoms with Crippen molar-refractivity contribution in [2.75, 3.05) is 0 Å². The van der Waals surface area contributed by atoms with E-state index >= 15 is 0 Å². The van der Waals surface area contributed by atoms with Gasteiger partial charge in [-0.25, -0.2) is 4.79 Å². The molecule has 9 atom stereocenters. The fourth-order valence-corrected chi connectivity index (χ4v) is 10.6. The molecule has 0 aromatic rings. The fraction of sp³-hybridized carbons (Fsp3) is 0.867. The lowest BCUT2D eigenvalue weighted by Crippen LogP contribution is -2.67. The van der Waals surface area contributed by atoms with Crippen LogP contribution in [0.1, 0.15) is 106 Å². The van der Waals surface area contributed by atoms with E-state index in [-0.39, 0.29) is 33.9 Å². The number of carboxylic acid groups (broad SMARTS) is 1. The third kappa shape index (κ3) is 2.73. The van der Waals surface area contributed by atoms with Crippen molar-refractivity contribution in [2.45, 2.75) is 124 Å². The van der Waals surface area contributed by atoms with E-state index in [2.05, 4.69) is 41.5 Å². The summed E-state index contributed by atoms with van der Waals surface area (Å²) in [4.78, 5) is 25.4. The Morgan fingerprint density at radius 3 is 2.49 bits per heavy atom. The normalized spacial score (nSPS) is 51.0. The second kappa shape index (κ2) is 7.43. The Balaban J connectivity index is 1.52. The lowest BCUT2D eigenvalue weighted by Gasteiger charge is -2.63. The number of ether oxygens (including phenoxy) is 1. The van der Waals surface area contributed by atoms with Crippen molar-refractivity contribution in [3.63, 3.8) is 0 Å². The van der Waals surface area contributed by atoms with Crippen LogP contribution in [0.3, 0.4) is 0 Å². The molecule has 35 heavy (non-hydrogen) atoms. The summed E-state index contributed by atoms with van der Waals surface area (Å²) in [6.07, 6.45) is 9.40. The summed E-state index contributed by atoms with van der Waals surface area (Å²) in [5, 5.41) is 20.1. The molecule has 1 heterocycles. The molecule has 2 N–H and O–H groups in total. The summed E-state index contributed by atoms with van der Waals surface area (Å²) in [6.45, 7) is 15.6. The van der Waals surface area contributed by atoms with E-state index in [0.717, 1.165) is 51.4 Å². The van der Waals surface area contributed by atoms with Gasteiger partial charge in [0.15, 0.2) is 0 Å². The summed E-state index contributed by atoms with van der Waals surface area (Å²) in [5.74, 6) is 0.297. The second-order valence-corrected chi connectivity index (χ2v) is 14.2. The number of aliphatic hydroxyl groups is 1. The van der Waals surface area contributed by atoms with Gasteiger partial charge in [0.05, 0.1) is 17.6 Å². The lowest BCUT2D eigenvalue weighted by atomic mass is 9.40. The highest BCUT2D eigenvalue weighted by molar-refractivity contribution is 5.90. The number of aliphatic carboxylic acids is 1. The van der Waals surface area contributed by atoms with E-state index in [1.54, 1.807) is 6.92 Å². The van der Waals surface area contributed by atoms with Crippen molar-refractivity contribution in [3.8, 4) is 0 Å². The Hall–Kier alpha value is -1.20. The minimum atomic E-state index is -0.845. The SMILES string of the molecule is C/C(=C\CC[C@@H](C)[C@@]1(C)C[C@H]2O[C@]23[C@]1(C)CCC(=O)[C@@]31CC[C@H]2C(C)(C)[C@@H](O)CC[C@@]21C)C(=O)O. The summed E-state index contributed by atoms with van der Waals surface area (Å²) < 4.78 is 6.81. The molecule has 1 saturated heterocycles. The summed E-state index contributed by atoms with van der Waals surface area (Å²) >= 11 is 0. The summed E-state index contributed by atoms with van der Waals surface area (Å²) in [6, 6.07) is 0. The number of hydrogen-bond donors (Lipinski definition) is 2. The molecule has 196 valence electrons. The van der Waals surface area contributed by atoms with Crippen LogP contribution in [-0.2, 0) is 14.3 Å². The minimum Gasteiger partial charge on any atom is -0.478 e. The molecule has 0 aromatic carbocycles. The topological polar surface area (TPSA) is 87.1 Å². The number of allylic oxidation sites excluding steroid dienone is 1. The van der Waals surface area contributed by atoms with Gasteiger partial charge in [-0.1, -0.05) is 47.6 Å². The van der Waals surface area contributed by atoms with Crippen molar-refractivity contribution >= 4 is 11.8 Å². The van der Waals surface area contributed by atoms with Crippen LogP contribution in [-0.4, -0.2) is 39.8 Å². The van der Waals surface area contributed by atoms with Gasteiger partial charge in [-0.3, -0.25) is 4.79 Å². The van der Waals surface area contributed by atoms with Gasteiger partial charge in [0.25, 0.3) is 0 Å². The Morgan fingerprint density at radius 2 is 1.83 bits per heavy atom. The van der Waals surface area contributed by atoms with Crippen LogP contribution >= 0.6 is 0 Å². The second-order valence-electron chi connectivity index (χ2n) is 14.2. The van der Waals surface area contributed by atoms with E-state index < -0.39 is 17.0 Å². The molecular formula is C30H46O5. The van der Waals surface area contributed by atoms with E-state index in [1.807, 2.05) is 6.08 Å². The van der Waals surface area contributed by atoms with E-state index in [0.29, 0.717) is 29.6 Å². The van der Waals surface area contributed by atoms with Crippen molar-refractivity contribution in [2.24, 2.45) is 38.9 Å². The quantitative estimate of drug-likeness (QED) is 0.371. The number of ketones is 1. The molecule has 0 aromatic heterocycles. The molecule has 5 heteroatoms. The molecule has 1 aliphatic heterocycles. The Bertz CT molecular complexity index is 983.